The Kier molecular flexibility index (Phi) is 5.66. The summed E-state index contributed by atoms with van der Waals surface area (Å²) in [6.07, 6.45) is 2.36. The van der Waals surface area contributed by atoms with Gasteiger partial charge in [0.1, 0.15) is 12.4 Å². The van der Waals surface area contributed by atoms with Crippen LogP contribution in [0.5, 0.6) is 5.75 Å². The van der Waals surface area contributed by atoms with Crippen molar-refractivity contribution < 1.29 is 9.53 Å². The first-order valence-electron chi connectivity index (χ1n) is 8.05. The van der Waals surface area contributed by atoms with Crippen LogP contribution < -0.4 is 15.4 Å². The van der Waals surface area contributed by atoms with Crippen molar-refractivity contribution in [3.63, 3.8) is 0 Å². The monoisotopic (exact) mass is 330 g/mol. The van der Waals surface area contributed by atoms with E-state index in [0.29, 0.717) is 18.1 Å². The molecule has 0 radical (unpaired) electrons. The van der Waals surface area contributed by atoms with Gasteiger partial charge in [0.25, 0.3) is 5.91 Å². The minimum Gasteiger partial charge on any atom is -0.488 e. The topological polar surface area (TPSA) is 50.4 Å². The number of rotatable bonds is 6. The van der Waals surface area contributed by atoms with Crippen molar-refractivity contribution in [1.82, 2.24) is 10.6 Å². The van der Waals surface area contributed by atoms with Crippen LogP contribution in [0.25, 0.3) is 0 Å². The normalized spacial score (nSPS) is 17.7. The van der Waals surface area contributed by atoms with Gasteiger partial charge in [-0.05, 0) is 61.5 Å². The van der Waals surface area contributed by atoms with Gasteiger partial charge >= 0.3 is 0 Å². The zero-order valence-corrected chi connectivity index (χ0v) is 13.9. The maximum atomic E-state index is 12.3. The van der Waals surface area contributed by atoms with E-state index in [0.717, 1.165) is 25.4 Å². The van der Waals surface area contributed by atoms with Crippen LogP contribution in [-0.2, 0) is 6.61 Å². The maximum Gasteiger partial charge on any atom is 0.251 e. The van der Waals surface area contributed by atoms with Gasteiger partial charge < -0.3 is 15.4 Å². The molecule has 1 unspecified atom stereocenters. The standard InChI is InChI=1S/C18H22N2O2S/c21-18(20-12-14-4-2-8-19-11-14)15-5-1-6-16(10-15)22-13-17-7-3-9-23-17/h1,3,5-7,9-10,14,19H,2,4,8,11-13H2,(H,20,21). The number of thiophene rings is 1. The number of ether oxygens (including phenoxy) is 1. The highest BCUT2D eigenvalue weighted by Crippen LogP contribution is 2.17. The van der Waals surface area contributed by atoms with E-state index < -0.39 is 0 Å². The quantitative estimate of drug-likeness (QED) is 0.856. The maximum absolute atomic E-state index is 12.3. The summed E-state index contributed by atoms with van der Waals surface area (Å²) < 4.78 is 5.76. The number of piperidine rings is 1. The van der Waals surface area contributed by atoms with Crippen LogP contribution in [0, 0.1) is 5.92 Å². The fourth-order valence-electron chi connectivity index (χ4n) is 2.71. The summed E-state index contributed by atoms with van der Waals surface area (Å²) in [6, 6.07) is 11.4. The lowest BCUT2D eigenvalue weighted by Gasteiger charge is -2.22. The number of hydrogen-bond acceptors (Lipinski definition) is 4. The second-order valence-electron chi connectivity index (χ2n) is 5.82. The first-order valence-corrected chi connectivity index (χ1v) is 8.93. The van der Waals surface area contributed by atoms with Gasteiger partial charge in [0.15, 0.2) is 0 Å². The highest BCUT2D eigenvalue weighted by Gasteiger charge is 2.14. The Bertz CT molecular complexity index is 622. The molecule has 1 saturated heterocycles. The average molecular weight is 330 g/mol. The molecule has 1 fully saturated rings. The van der Waals surface area contributed by atoms with Crippen LogP contribution >= 0.6 is 11.3 Å². The Morgan fingerprint density at radius 2 is 2.30 bits per heavy atom. The summed E-state index contributed by atoms with van der Waals surface area (Å²) in [5.41, 5.74) is 0.650. The Balaban J connectivity index is 1.52. The summed E-state index contributed by atoms with van der Waals surface area (Å²) in [7, 11) is 0. The van der Waals surface area contributed by atoms with Crippen molar-refractivity contribution in [3.8, 4) is 5.75 Å². The van der Waals surface area contributed by atoms with E-state index in [9.17, 15) is 4.79 Å². The minimum atomic E-state index is -0.0304. The van der Waals surface area contributed by atoms with Gasteiger partial charge in [-0.25, -0.2) is 0 Å². The van der Waals surface area contributed by atoms with E-state index in [1.54, 1.807) is 11.3 Å². The third kappa shape index (κ3) is 4.81. The summed E-state index contributed by atoms with van der Waals surface area (Å²) in [5.74, 6) is 1.23. The molecule has 0 aliphatic carbocycles. The molecule has 0 spiro atoms. The van der Waals surface area contributed by atoms with E-state index in [-0.39, 0.29) is 5.91 Å². The summed E-state index contributed by atoms with van der Waals surface area (Å²) in [4.78, 5) is 13.5. The lowest BCUT2D eigenvalue weighted by molar-refractivity contribution is 0.0944. The number of nitrogens with one attached hydrogen (secondary N) is 2. The van der Waals surface area contributed by atoms with Crippen molar-refractivity contribution in [2.45, 2.75) is 19.4 Å². The summed E-state index contributed by atoms with van der Waals surface area (Å²) in [5, 5.41) is 8.43. The van der Waals surface area contributed by atoms with E-state index in [1.807, 2.05) is 41.8 Å². The van der Waals surface area contributed by atoms with Crippen LogP contribution in [0.3, 0.4) is 0 Å². The molecule has 2 aromatic rings. The molecule has 5 heteroatoms. The van der Waals surface area contributed by atoms with Crippen LogP contribution in [0.2, 0.25) is 0 Å². The molecule has 122 valence electrons. The van der Waals surface area contributed by atoms with Gasteiger partial charge in [-0.2, -0.15) is 0 Å². The van der Waals surface area contributed by atoms with Gasteiger partial charge in [0.05, 0.1) is 0 Å². The second kappa shape index (κ2) is 8.13. The average Bonchev–Trinajstić information content (AvgIpc) is 3.12. The Morgan fingerprint density at radius 1 is 1.35 bits per heavy atom. The molecular weight excluding hydrogens is 308 g/mol. The van der Waals surface area contributed by atoms with Crippen molar-refractivity contribution in [2.24, 2.45) is 5.92 Å². The molecule has 4 nitrogen and oxygen atoms in total. The molecule has 2 N–H and O–H groups in total. The van der Waals surface area contributed by atoms with Gasteiger partial charge in [0, 0.05) is 17.0 Å². The van der Waals surface area contributed by atoms with Crippen LogP contribution in [-0.4, -0.2) is 25.5 Å². The molecule has 2 heterocycles. The molecular formula is C18H22N2O2S. The van der Waals surface area contributed by atoms with Crippen molar-refractivity contribution >= 4 is 17.2 Å². The Hall–Kier alpha value is -1.85. The minimum absolute atomic E-state index is 0.0304. The predicted molar refractivity (Wildman–Crippen MR) is 93.0 cm³/mol. The van der Waals surface area contributed by atoms with Gasteiger partial charge in [-0.1, -0.05) is 12.1 Å². The van der Waals surface area contributed by atoms with Gasteiger partial charge in [0.2, 0.25) is 0 Å². The molecule has 1 amide bonds. The molecule has 0 bridgehead atoms. The zero-order chi connectivity index (χ0) is 15.9. The van der Waals surface area contributed by atoms with Crippen molar-refractivity contribution in [2.75, 3.05) is 19.6 Å². The van der Waals surface area contributed by atoms with E-state index in [4.69, 9.17) is 4.74 Å². The Labute approximate surface area is 140 Å². The zero-order valence-electron chi connectivity index (χ0n) is 13.1. The SMILES string of the molecule is O=C(NCC1CCCNC1)c1cccc(OCc2cccs2)c1. The molecule has 3 rings (SSSR count). The number of carbonyl (C=O) groups is 1. The highest BCUT2D eigenvalue weighted by atomic mass is 32.1. The van der Waals surface area contributed by atoms with Crippen LogP contribution in [0.1, 0.15) is 28.1 Å². The number of carbonyl (C=O) groups excluding carboxylic acids is 1. The molecule has 1 aromatic heterocycles. The largest absolute Gasteiger partial charge is 0.488 e. The molecule has 1 aliphatic heterocycles. The molecule has 1 aliphatic rings. The molecule has 23 heavy (non-hydrogen) atoms. The predicted octanol–water partition coefficient (Wildman–Crippen LogP) is 3.06. The van der Waals surface area contributed by atoms with E-state index in [1.165, 1.54) is 17.7 Å². The number of hydrogen-bond donors (Lipinski definition) is 2. The van der Waals surface area contributed by atoms with Gasteiger partial charge in [-0.3, -0.25) is 4.79 Å². The van der Waals surface area contributed by atoms with Crippen LogP contribution in [0.15, 0.2) is 41.8 Å². The fraction of sp³-hybridized carbons (Fsp3) is 0.389. The summed E-state index contributed by atoms with van der Waals surface area (Å²) >= 11 is 1.67. The first kappa shape index (κ1) is 16.0. The van der Waals surface area contributed by atoms with Gasteiger partial charge in [-0.15, -0.1) is 11.3 Å². The smallest absolute Gasteiger partial charge is 0.251 e. The van der Waals surface area contributed by atoms with Crippen LogP contribution in [0.4, 0.5) is 0 Å². The number of benzene rings is 1. The Morgan fingerprint density at radius 3 is 3.09 bits per heavy atom. The fourth-order valence-corrected chi connectivity index (χ4v) is 3.33. The van der Waals surface area contributed by atoms with E-state index >= 15 is 0 Å². The first-order chi connectivity index (χ1) is 11.3. The third-order valence-corrected chi connectivity index (χ3v) is 4.86. The molecule has 0 saturated carbocycles. The summed E-state index contributed by atoms with van der Waals surface area (Å²) in [6.45, 7) is 3.35. The number of amides is 1. The van der Waals surface area contributed by atoms with E-state index in [2.05, 4.69) is 10.6 Å². The highest BCUT2D eigenvalue weighted by molar-refractivity contribution is 7.09. The third-order valence-electron chi connectivity index (χ3n) is 4.01. The van der Waals surface area contributed by atoms with Crippen molar-refractivity contribution in [1.29, 1.82) is 0 Å². The van der Waals surface area contributed by atoms with Crippen molar-refractivity contribution in [3.05, 3.63) is 52.2 Å². The lowest BCUT2D eigenvalue weighted by Crippen LogP contribution is -2.38. The molecule has 1 aromatic carbocycles. The molecule has 1 atom stereocenters. The lowest BCUT2D eigenvalue weighted by atomic mass is 9.99. The second-order valence-corrected chi connectivity index (χ2v) is 6.85.